The van der Waals surface area contributed by atoms with Crippen molar-refractivity contribution in [2.75, 3.05) is 0 Å². The van der Waals surface area contributed by atoms with E-state index in [1.54, 1.807) is 23.3 Å². The van der Waals surface area contributed by atoms with Gasteiger partial charge in [-0.3, -0.25) is 4.79 Å². The molecule has 0 unspecified atom stereocenters. The molecule has 1 N–H and O–H groups in total. The van der Waals surface area contributed by atoms with Gasteiger partial charge < -0.3 is 14.1 Å². The van der Waals surface area contributed by atoms with E-state index in [4.69, 9.17) is 11.6 Å². The van der Waals surface area contributed by atoms with Gasteiger partial charge in [0.25, 0.3) is 5.91 Å². The highest BCUT2D eigenvalue weighted by Crippen LogP contribution is 2.39. The fourth-order valence-electron chi connectivity index (χ4n) is 3.85. The van der Waals surface area contributed by atoms with Crippen molar-refractivity contribution in [1.29, 1.82) is 0 Å². The Hall–Kier alpha value is -3.72. The van der Waals surface area contributed by atoms with E-state index in [-0.39, 0.29) is 18.1 Å². The third-order valence-corrected chi connectivity index (χ3v) is 5.90. The van der Waals surface area contributed by atoms with Crippen LogP contribution in [0.25, 0.3) is 11.2 Å². The molecule has 0 radical (unpaired) electrons. The van der Waals surface area contributed by atoms with Crippen molar-refractivity contribution in [2.24, 2.45) is 0 Å². The van der Waals surface area contributed by atoms with Crippen LogP contribution in [0.15, 0.2) is 55.4 Å². The Morgan fingerprint density at radius 3 is 2.94 bits per heavy atom. The molecule has 5 aromatic heterocycles. The number of rotatable bonds is 6. The molecule has 0 spiro atoms. The maximum absolute atomic E-state index is 12.5. The van der Waals surface area contributed by atoms with Gasteiger partial charge in [-0.25, -0.2) is 14.6 Å². The first-order valence-corrected chi connectivity index (χ1v) is 10.8. The summed E-state index contributed by atoms with van der Waals surface area (Å²) >= 11 is 6.07. The number of carbonyl (C=O) groups excluding carboxylic acids is 1. The molecule has 160 valence electrons. The number of hydrogen-bond acceptors (Lipinski definition) is 5. The van der Waals surface area contributed by atoms with E-state index >= 15 is 0 Å². The third kappa shape index (κ3) is 3.60. The Kier molecular flexibility index (Phi) is 4.43. The molecule has 1 aliphatic carbocycles. The van der Waals surface area contributed by atoms with Gasteiger partial charge in [-0.15, -0.1) is 5.10 Å². The smallest absolute Gasteiger partial charge is 0.273 e. The van der Waals surface area contributed by atoms with Crippen molar-refractivity contribution < 1.29 is 4.79 Å². The molecule has 32 heavy (non-hydrogen) atoms. The van der Waals surface area contributed by atoms with Gasteiger partial charge in [-0.2, -0.15) is 0 Å². The molecule has 1 fully saturated rings. The molecular formula is C22H19ClN8O. The van der Waals surface area contributed by atoms with Crippen LogP contribution in [0.1, 0.15) is 46.2 Å². The number of amides is 1. The molecule has 1 aliphatic rings. The largest absolute Gasteiger partial charge is 0.345 e. The lowest BCUT2D eigenvalue weighted by atomic mass is 10.2. The summed E-state index contributed by atoms with van der Waals surface area (Å²) in [5, 5.41) is 11.5. The minimum atomic E-state index is -0.316. The van der Waals surface area contributed by atoms with Gasteiger partial charge in [0.05, 0.1) is 42.5 Å². The van der Waals surface area contributed by atoms with Crippen LogP contribution in [-0.2, 0) is 13.1 Å². The Balaban J connectivity index is 1.13. The maximum atomic E-state index is 12.5. The molecule has 5 heterocycles. The van der Waals surface area contributed by atoms with Crippen molar-refractivity contribution in [1.82, 2.24) is 39.1 Å². The van der Waals surface area contributed by atoms with E-state index in [0.717, 1.165) is 22.6 Å². The molecule has 0 bridgehead atoms. The minimum absolute atomic E-state index is 0.242. The van der Waals surface area contributed by atoms with Gasteiger partial charge in [0.1, 0.15) is 5.65 Å². The number of hydrogen-bond donors (Lipinski definition) is 1. The van der Waals surface area contributed by atoms with Crippen molar-refractivity contribution in [3.05, 3.63) is 83.0 Å². The maximum Gasteiger partial charge on any atom is 0.273 e. The molecule has 0 atom stereocenters. The first kappa shape index (κ1) is 19.0. The van der Waals surface area contributed by atoms with E-state index in [1.807, 2.05) is 28.9 Å². The van der Waals surface area contributed by atoms with Crippen LogP contribution in [0.3, 0.4) is 0 Å². The van der Waals surface area contributed by atoms with Gasteiger partial charge >= 0.3 is 0 Å². The van der Waals surface area contributed by atoms with Crippen molar-refractivity contribution in [2.45, 2.75) is 31.8 Å². The molecule has 0 saturated heterocycles. The van der Waals surface area contributed by atoms with E-state index in [2.05, 4.69) is 42.3 Å². The van der Waals surface area contributed by atoms with E-state index in [9.17, 15) is 4.79 Å². The zero-order valence-electron chi connectivity index (χ0n) is 17.0. The summed E-state index contributed by atoms with van der Waals surface area (Å²) in [5.41, 5.74) is 4.92. The van der Waals surface area contributed by atoms with Crippen LogP contribution < -0.4 is 5.32 Å². The standard InChI is InChI=1S/C22H19ClN8O/c23-16-5-6-29-13-25-18(20(29)7-16)8-24-22(32)19-12-31(28-27-19)11-17-10-30-9-15(14-1-2-14)3-4-21(30)26-17/h3-7,9-10,12-14H,1-2,8,11H2,(H,24,32). The van der Waals surface area contributed by atoms with Crippen LogP contribution in [-0.4, -0.2) is 39.7 Å². The average molecular weight is 447 g/mol. The molecule has 1 amide bonds. The van der Waals surface area contributed by atoms with Crippen LogP contribution >= 0.6 is 11.6 Å². The second-order valence-corrected chi connectivity index (χ2v) is 8.48. The summed E-state index contributed by atoms with van der Waals surface area (Å²) in [6, 6.07) is 7.80. The van der Waals surface area contributed by atoms with Crippen LogP contribution in [0.4, 0.5) is 0 Å². The first-order chi connectivity index (χ1) is 15.6. The van der Waals surface area contributed by atoms with Gasteiger partial charge in [0, 0.05) is 23.6 Å². The van der Waals surface area contributed by atoms with Crippen LogP contribution in [0.5, 0.6) is 0 Å². The quantitative estimate of drug-likeness (QED) is 0.432. The zero-order chi connectivity index (χ0) is 21.7. The Morgan fingerprint density at radius 1 is 1.16 bits per heavy atom. The molecule has 10 heteroatoms. The molecule has 9 nitrogen and oxygen atoms in total. The minimum Gasteiger partial charge on any atom is -0.345 e. The predicted octanol–water partition coefficient (Wildman–Crippen LogP) is 3.08. The number of imidazole rings is 2. The van der Waals surface area contributed by atoms with Crippen molar-refractivity contribution >= 4 is 28.7 Å². The molecule has 0 aliphatic heterocycles. The third-order valence-electron chi connectivity index (χ3n) is 5.67. The number of pyridine rings is 2. The van der Waals surface area contributed by atoms with E-state index in [1.165, 1.54) is 18.4 Å². The van der Waals surface area contributed by atoms with Gasteiger partial charge in [-0.1, -0.05) is 22.9 Å². The second kappa shape index (κ2) is 7.45. The Morgan fingerprint density at radius 2 is 2.06 bits per heavy atom. The summed E-state index contributed by atoms with van der Waals surface area (Å²) in [4.78, 5) is 21.5. The fraction of sp³-hybridized carbons (Fsp3) is 0.227. The Labute approximate surface area is 187 Å². The highest BCUT2D eigenvalue weighted by molar-refractivity contribution is 6.30. The second-order valence-electron chi connectivity index (χ2n) is 8.05. The van der Waals surface area contributed by atoms with Gasteiger partial charge in [0.2, 0.25) is 0 Å². The topological polar surface area (TPSA) is 94.4 Å². The van der Waals surface area contributed by atoms with Crippen molar-refractivity contribution in [3.8, 4) is 0 Å². The van der Waals surface area contributed by atoms with Gasteiger partial charge in [-0.05, 0) is 42.5 Å². The lowest BCUT2D eigenvalue weighted by Gasteiger charge is -2.01. The summed E-state index contributed by atoms with van der Waals surface area (Å²) in [7, 11) is 0. The molecule has 5 aromatic rings. The Bertz CT molecular complexity index is 1460. The van der Waals surface area contributed by atoms with Gasteiger partial charge in [0.15, 0.2) is 5.69 Å². The summed E-state index contributed by atoms with van der Waals surface area (Å²) in [5.74, 6) is 0.377. The summed E-state index contributed by atoms with van der Waals surface area (Å²) in [6.45, 7) is 0.698. The molecule has 6 rings (SSSR count). The first-order valence-electron chi connectivity index (χ1n) is 10.4. The van der Waals surface area contributed by atoms with E-state index < -0.39 is 0 Å². The van der Waals surface area contributed by atoms with Crippen LogP contribution in [0, 0.1) is 0 Å². The monoisotopic (exact) mass is 446 g/mol. The number of fused-ring (bicyclic) bond motifs is 2. The lowest BCUT2D eigenvalue weighted by Crippen LogP contribution is -2.23. The SMILES string of the molecule is O=C(NCc1ncn2ccc(Cl)cc12)c1cn(Cc2cn3cc(C4CC4)ccc3n2)nn1. The lowest BCUT2D eigenvalue weighted by molar-refractivity contribution is 0.0945. The average Bonchev–Trinajstić information content (AvgIpc) is 3.21. The van der Waals surface area contributed by atoms with Crippen LogP contribution in [0.2, 0.25) is 5.02 Å². The number of nitrogens with zero attached hydrogens (tertiary/aromatic N) is 7. The highest BCUT2D eigenvalue weighted by Gasteiger charge is 2.23. The molecular weight excluding hydrogens is 428 g/mol. The number of nitrogens with one attached hydrogen (secondary N) is 1. The van der Waals surface area contributed by atoms with Crippen molar-refractivity contribution in [3.63, 3.8) is 0 Å². The number of halogens is 1. The number of aromatic nitrogens is 7. The molecule has 1 saturated carbocycles. The predicted molar refractivity (Wildman–Crippen MR) is 118 cm³/mol. The van der Waals surface area contributed by atoms with E-state index in [0.29, 0.717) is 17.5 Å². The normalized spacial score (nSPS) is 13.8. The number of carbonyl (C=O) groups is 1. The summed E-state index contributed by atoms with van der Waals surface area (Å²) < 4.78 is 5.52. The zero-order valence-corrected chi connectivity index (χ0v) is 17.8. The fourth-order valence-corrected chi connectivity index (χ4v) is 4.01. The highest BCUT2D eigenvalue weighted by atomic mass is 35.5. The molecule has 0 aromatic carbocycles. The summed E-state index contributed by atoms with van der Waals surface area (Å²) in [6.07, 6.45) is 11.8.